The molecular weight excluding hydrogens is 541 g/mol. The summed E-state index contributed by atoms with van der Waals surface area (Å²) in [4.78, 5) is 43.1. The van der Waals surface area contributed by atoms with Crippen LogP contribution in [0.15, 0.2) is 63.5 Å². The molecule has 37 heavy (non-hydrogen) atoms. The summed E-state index contributed by atoms with van der Waals surface area (Å²) in [7, 11) is 0. The number of Topliss-reactive ketones (excluding diaryl/α,β-unsaturated/α-hetero) is 1. The Morgan fingerprint density at radius 3 is 2.59 bits per heavy atom. The highest BCUT2D eigenvalue weighted by Gasteiger charge is 2.63. The van der Waals surface area contributed by atoms with Crippen LogP contribution >= 0.6 is 15.9 Å². The number of amides is 1. The van der Waals surface area contributed by atoms with Crippen LogP contribution in [-0.4, -0.2) is 24.3 Å². The zero-order chi connectivity index (χ0) is 26.9. The van der Waals surface area contributed by atoms with Crippen molar-refractivity contribution in [2.45, 2.75) is 46.0 Å². The number of allylic oxidation sites excluding steroid dienone is 1. The lowest BCUT2D eigenvalue weighted by Gasteiger charge is -2.47. The molecule has 0 radical (unpaired) electrons. The first-order chi connectivity index (χ1) is 17.4. The van der Waals surface area contributed by atoms with Crippen LogP contribution in [0.2, 0.25) is 0 Å². The highest BCUT2D eigenvalue weighted by atomic mass is 79.9. The molecule has 0 fully saturated rings. The lowest BCUT2D eigenvalue weighted by atomic mass is 9.60. The minimum atomic E-state index is -1.82. The molecule has 1 amide bonds. The predicted octanol–water partition coefficient (Wildman–Crippen LogP) is 4.98. The second-order valence-electron chi connectivity index (χ2n) is 10.4. The summed E-state index contributed by atoms with van der Waals surface area (Å²) in [6.45, 7) is 7.40. The topological polar surface area (TPSA) is 102 Å². The standard InChI is InChI=1S/C28H27BrFN3O4/c1-5-37-25(35)23-24(31)33(19-9-7-15(29)11-17(19)30)20-12-27(3,4)13-21(34)22(20)28(23)16-10-14(2)6-8-18(16)32-26(28)36/h6-11H,5,12-13,31H2,1-4H3,(H,32,36). The van der Waals surface area contributed by atoms with Crippen molar-refractivity contribution in [1.29, 1.82) is 0 Å². The van der Waals surface area contributed by atoms with E-state index < -0.39 is 28.5 Å². The Balaban J connectivity index is 1.94. The number of ketones is 1. The van der Waals surface area contributed by atoms with Gasteiger partial charge >= 0.3 is 5.97 Å². The predicted molar refractivity (Wildman–Crippen MR) is 141 cm³/mol. The van der Waals surface area contributed by atoms with E-state index in [1.807, 2.05) is 26.8 Å². The molecule has 2 aliphatic heterocycles. The van der Waals surface area contributed by atoms with E-state index in [0.29, 0.717) is 27.8 Å². The summed E-state index contributed by atoms with van der Waals surface area (Å²) >= 11 is 3.27. The lowest BCUT2D eigenvalue weighted by molar-refractivity contribution is -0.140. The number of aryl methyl sites for hydroxylation is 1. The number of rotatable bonds is 3. The number of hydrogen-bond donors (Lipinski definition) is 2. The number of nitrogens with zero attached hydrogens (tertiary/aromatic N) is 1. The van der Waals surface area contributed by atoms with E-state index in [1.165, 1.54) is 17.0 Å². The molecule has 7 nitrogen and oxygen atoms in total. The zero-order valence-electron chi connectivity index (χ0n) is 21.0. The molecule has 1 spiro atoms. The maximum absolute atomic E-state index is 15.4. The normalized spacial score (nSPS) is 22.3. The molecule has 192 valence electrons. The van der Waals surface area contributed by atoms with Crippen LogP contribution in [0, 0.1) is 18.2 Å². The second kappa shape index (κ2) is 8.55. The fourth-order valence-electron chi connectivity index (χ4n) is 5.79. The van der Waals surface area contributed by atoms with Crippen molar-refractivity contribution in [2.75, 3.05) is 16.8 Å². The van der Waals surface area contributed by atoms with Gasteiger partial charge in [0, 0.05) is 33.4 Å². The van der Waals surface area contributed by atoms with Crippen LogP contribution in [0.1, 0.15) is 44.7 Å². The molecule has 0 aromatic heterocycles. The van der Waals surface area contributed by atoms with Crippen molar-refractivity contribution in [3.05, 3.63) is 80.5 Å². The number of fused-ring (bicyclic) bond motifs is 3. The van der Waals surface area contributed by atoms with Crippen LogP contribution in [0.5, 0.6) is 0 Å². The van der Waals surface area contributed by atoms with Crippen LogP contribution in [0.3, 0.4) is 0 Å². The first-order valence-corrected chi connectivity index (χ1v) is 12.8. The van der Waals surface area contributed by atoms with Gasteiger partial charge in [-0.3, -0.25) is 14.5 Å². The lowest BCUT2D eigenvalue weighted by Crippen LogP contribution is -2.54. The third-order valence-electron chi connectivity index (χ3n) is 7.17. The monoisotopic (exact) mass is 567 g/mol. The Bertz CT molecular complexity index is 1460. The maximum Gasteiger partial charge on any atom is 0.339 e. The Morgan fingerprint density at radius 1 is 1.19 bits per heavy atom. The van der Waals surface area contributed by atoms with E-state index >= 15 is 4.39 Å². The Labute approximate surface area is 222 Å². The molecular formula is C28H27BrFN3O4. The van der Waals surface area contributed by atoms with E-state index in [0.717, 1.165) is 5.56 Å². The van der Waals surface area contributed by atoms with Crippen molar-refractivity contribution in [1.82, 2.24) is 0 Å². The van der Waals surface area contributed by atoms with Crippen LogP contribution in [0.25, 0.3) is 0 Å². The fourth-order valence-corrected chi connectivity index (χ4v) is 6.12. The maximum atomic E-state index is 15.4. The van der Waals surface area contributed by atoms with Crippen molar-refractivity contribution in [3.63, 3.8) is 0 Å². The third-order valence-corrected chi connectivity index (χ3v) is 7.66. The van der Waals surface area contributed by atoms with E-state index in [2.05, 4.69) is 21.2 Å². The number of halogens is 2. The number of carbonyl (C=O) groups is 3. The highest BCUT2D eigenvalue weighted by molar-refractivity contribution is 9.10. The SMILES string of the molecule is CCOC(=O)C1=C(N)N(c2ccc(Br)cc2F)C2=C(C(=O)CC(C)(C)C2)C12C(=O)Nc1ccc(C)cc12. The molecule has 0 bridgehead atoms. The second-order valence-corrected chi connectivity index (χ2v) is 11.3. The van der Waals surface area contributed by atoms with Crippen molar-refractivity contribution in [2.24, 2.45) is 11.1 Å². The first-order valence-electron chi connectivity index (χ1n) is 12.0. The van der Waals surface area contributed by atoms with Gasteiger partial charge in [-0.2, -0.15) is 0 Å². The number of anilines is 2. The minimum absolute atomic E-state index is 0.0213. The Kier molecular flexibility index (Phi) is 5.82. The average Bonchev–Trinajstić information content (AvgIpc) is 3.05. The van der Waals surface area contributed by atoms with Gasteiger partial charge in [-0.05, 0) is 49.9 Å². The quantitative estimate of drug-likeness (QED) is 0.507. The number of hydrogen-bond acceptors (Lipinski definition) is 6. The smallest absolute Gasteiger partial charge is 0.339 e. The number of benzene rings is 2. The van der Waals surface area contributed by atoms with E-state index in [1.54, 1.807) is 25.1 Å². The first kappa shape index (κ1) is 25.2. The third kappa shape index (κ3) is 3.62. The van der Waals surface area contributed by atoms with Gasteiger partial charge in [0.1, 0.15) is 22.6 Å². The van der Waals surface area contributed by atoms with Gasteiger partial charge in [0.2, 0.25) is 5.91 Å². The molecule has 9 heteroatoms. The number of carbonyl (C=O) groups excluding carboxylic acids is 3. The Morgan fingerprint density at radius 2 is 1.92 bits per heavy atom. The Hall–Kier alpha value is -3.46. The van der Waals surface area contributed by atoms with Crippen molar-refractivity contribution >= 4 is 45.0 Å². The fraction of sp³-hybridized carbons (Fsp3) is 0.321. The summed E-state index contributed by atoms with van der Waals surface area (Å²) < 4.78 is 21.3. The summed E-state index contributed by atoms with van der Waals surface area (Å²) in [6.07, 6.45) is 0.477. The molecule has 5 rings (SSSR count). The van der Waals surface area contributed by atoms with Crippen molar-refractivity contribution in [3.8, 4) is 0 Å². The highest BCUT2D eigenvalue weighted by Crippen LogP contribution is 2.57. The molecule has 0 saturated heterocycles. The van der Waals surface area contributed by atoms with E-state index in [4.69, 9.17) is 10.5 Å². The molecule has 3 N–H and O–H groups in total. The average molecular weight is 568 g/mol. The molecule has 2 heterocycles. The summed E-state index contributed by atoms with van der Waals surface area (Å²) in [6, 6.07) is 9.83. The number of nitrogens with two attached hydrogens (primary N) is 1. The van der Waals surface area contributed by atoms with Crippen LogP contribution < -0.4 is 16.0 Å². The van der Waals surface area contributed by atoms with E-state index in [-0.39, 0.29) is 41.5 Å². The van der Waals surface area contributed by atoms with Crippen molar-refractivity contribution < 1.29 is 23.5 Å². The largest absolute Gasteiger partial charge is 0.462 e. The number of esters is 1. The summed E-state index contributed by atoms with van der Waals surface area (Å²) in [5, 5.41) is 2.86. The van der Waals surface area contributed by atoms with Gasteiger partial charge in [-0.15, -0.1) is 0 Å². The van der Waals surface area contributed by atoms with Gasteiger partial charge in [-0.25, -0.2) is 9.18 Å². The molecule has 1 unspecified atom stereocenters. The molecule has 2 aromatic carbocycles. The van der Waals surface area contributed by atoms with Crippen LogP contribution in [-0.2, 0) is 24.5 Å². The molecule has 1 atom stereocenters. The van der Waals surface area contributed by atoms with Crippen LogP contribution in [0.4, 0.5) is 15.8 Å². The zero-order valence-corrected chi connectivity index (χ0v) is 22.6. The molecule has 3 aliphatic rings. The summed E-state index contributed by atoms with van der Waals surface area (Å²) in [5.74, 6) is -2.45. The van der Waals surface area contributed by atoms with Gasteiger partial charge in [0.05, 0.1) is 12.3 Å². The van der Waals surface area contributed by atoms with Gasteiger partial charge in [0.15, 0.2) is 5.78 Å². The molecule has 1 aliphatic carbocycles. The van der Waals surface area contributed by atoms with Gasteiger partial charge in [-0.1, -0.05) is 47.5 Å². The number of nitrogens with one attached hydrogen (secondary N) is 1. The molecule has 0 saturated carbocycles. The summed E-state index contributed by atoms with van der Waals surface area (Å²) in [5.41, 5.74) is 6.63. The number of ether oxygens (including phenoxy) is 1. The van der Waals surface area contributed by atoms with Gasteiger partial charge in [0.25, 0.3) is 0 Å². The van der Waals surface area contributed by atoms with E-state index in [9.17, 15) is 14.4 Å². The molecule has 2 aromatic rings. The van der Waals surface area contributed by atoms with Gasteiger partial charge < -0.3 is 15.8 Å². The minimum Gasteiger partial charge on any atom is -0.462 e.